The smallest absolute Gasteiger partial charge is 0.218 e. The van der Waals surface area contributed by atoms with Gasteiger partial charge in [-0.25, -0.2) is 9.50 Å². The number of halogens is 3. The highest BCUT2D eigenvalue weighted by molar-refractivity contribution is 7.98. The van der Waals surface area contributed by atoms with E-state index in [-0.39, 0.29) is 11.1 Å². The maximum atomic E-state index is 12.7. The van der Waals surface area contributed by atoms with E-state index in [1.54, 1.807) is 12.3 Å². The SMILES string of the molecule is CSc1nc(C(F)(F)F)cc2cc(C(C)C)nn12. The van der Waals surface area contributed by atoms with Crippen molar-refractivity contribution in [2.45, 2.75) is 31.1 Å². The van der Waals surface area contributed by atoms with E-state index in [4.69, 9.17) is 0 Å². The van der Waals surface area contributed by atoms with Gasteiger partial charge in [-0.2, -0.15) is 18.3 Å². The summed E-state index contributed by atoms with van der Waals surface area (Å²) in [6, 6.07) is 2.69. The van der Waals surface area contributed by atoms with Crippen LogP contribution in [0.1, 0.15) is 31.2 Å². The lowest BCUT2D eigenvalue weighted by molar-refractivity contribution is -0.141. The molecule has 0 aliphatic heterocycles. The van der Waals surface area contributed by atoms with Crippen LogP contribution in [0.15, 0.2) is 17.3 Å². The highest BCUT2D eigenvalue weighted by Gasteiger charge is 2.33. The van der Waals surface area contributed by atoms with Gasteiger partial charge in [-0.1, -0.05) is 25.6 Å². The topological polar surface area (TPSA) is 30.2 Å². The van der Waals surface area contributed by atoms with Gasteiger partial charge in [-0.15, -0.1) is 0 Å². The Kier molecular flexibility index (Phi) is 3.27. The third-order valence-corrected chi connectivity index (χ3v) is 3.13. The van der Waals surface area contributed by atoms with E-state index in [0.29, 0.717) is 5.52 Å². The fourth-order valence-corrected chi connectivity index (χ4v) is 2.06. The molecule has 2 heterocycles. The summed E-state index contributed by atoms with van der Waals surface area (Å²) in [4.78, 5) is 3.60. The third kappa shape index (κ3) is 2.31. The van der Waals surface area contributed by atoms with Crippen molar-refractivity contribution in [2.24, 2.45) is 0 Å². The van der Waals surface area contributed by atoms with Crippen LogP contribution in [0.25, 0.3) is 5.52 Å². The van der Waals surface area contributed by atoms with Crippen molar-refractivity contribution in [1.82, 2.24) is 14.6 Å². The van der Waals surface area contributed by atoms with Crippen molar-refractivity contribution >= 4 is 17.3 Å². The summed E-state index contributed by atoms with van der Waals surface area (Å²) in [7, 11) is 0. The minimum atomic E-state index is -4.44. The molecule has 98 valence electrons. The highest BCUT2D eigenvalue weighted by Crippen LogP contribution is 2.31. The van der Waals surface area contributed by atoms with Crippen LogP contribution in [-0.4, -0.2) is 20.9 Å². The molecule has 0 saturated heterocycles. The molecule has 0 bridgehead atoms. The van der Waals surface area contributed by atoms with Crippen molar-refractivity contribution in [1.29, 1.82) is 0 Å². The number of hydrogen-bond acceptors (Lipinski definition) is 3. The Bertz CT molecular complexity index is 575. The molecule has 2 rings (SSSR count). The van der Waals surface area contributed by atoms with Gasteiger partial charge in [-0.05, 0) is 24.3 Å². The van der Waals surface area contributed by atoms with Crippen LogP contribution < -0.4 is 0 Å². The molecule has 0 radical (unpaired) electrons. The molecule has 0 aliphatic rings. The molecule has 0 amide bonds. The van der Waals surface area contributed by atoms with Crippen molar-refractivity contribution in [3.8, 4) is 0 Å². The van der Waals surface area contributed by atoms with Crippen LogP contribution >= 0.6 is 11.8 Å². The molecule has 0 spiro atoms. The number of rotatable bonds is 2. The first-order valence-electron chi connectivity index (χ1n) is 5.35. The standard InChI is InChI=1S/C11H12F3N3S/c1-6(2)8-4-7-5-9(11(12,13)14)15-10(18-3)17(7)16-8/h4-6H,1-3H3. The Hall–Kier alpha value is -1.24. The Morgan fingerprint density at radius 2 is 1.94 bits per heavy atom. The molecule has 0 aliphatic carbocycles. The molecule has 2 aromatic rings. The van der Waals surface area contributed by atoms with Crippen LogP contribution in [-0.2, 0) is 6.18 Å². The number of alkyl halides is 3. The van der Waals surface area contributed by atoms with Crippen molar-refractivity contribution in [3.63, 3.8) is 0 Å². The van der Waals surface area contributed by atoms with Crippen LogP contribution in [0.5, 0.6) is 0 Å². The number of aromatic nitrogens is 3. The summed E-state index contributed by atoms with van der Waals surface area (Å²) >= 11 is 1.14. The Labute approximate surface area is 106 Å². The molecule has 0 aromatic carbocycles. The first-order valence-corrected chi connectivity index (χ1v) is 6.57. The summed E-state index contributed by atoms with van der Waals surface area (Å²) in [5.41, 5.74) is 0.298. The van der Waals surface area contributed by atoms with E-state index in [1.807, 2.05) is 13.8 Å². The largest absolute Gasteiger partial charge is 0.433 e. The monoisotopic (exact) mass is 275 g/mol. The molecule has 0 saturated carbocycles. The van der Waals surface area contributed by atoms with E-state index < -0.39 is 11.9 Å². The summed E-state index contributed by atoms with van der Waals surface area (Å²) in [5, 5.41) is 4.51. The van der Waals surface area contributed by atoms with Gasteiger partial charge in [0.25, 0.3) is 0 Å². The molecule has 7 heteroatoms. The Morgan fingerprint density at radius 3 is 2.44 bits per heavy atom. The zero-order valence-corrected chi connectivity index (χ0v) is 10.9. The lowest BCUT2D eigenvalue weighted by Crippen LogP contribution is -2.10. The number of thioether (sulfide) groups is 1. The zero-order chi connectivity index (χ0) is 13.5. The third-order valence-electron chi connectivity index (χ3n) is 2.50. The van der Waals surface area contributed by atoms with Crippen molar-refractivity contribution < 1.29 is 13.2 Å². The quantitative estimate of drug-likeness (QED) is 0.619. The summed E-state index contributed by atoms with van der Waals surface area (Å²) in [5.74, 6) is 0.161. The van der Waals surface area contributed by atoms with Gasteiger partial charge in [0, 0.05) is 0 Å². The Balaban J connectivity index is 2.68. The van der Waals surface area contributed by atoms with Crippen LogP contribution in [0.2, 0.25) is 0 Å². The molecule has 0 unspecified atom stereocenters. The van der Waals surface area contributed by atoms with Crippen molar-refractivity contribution in [3.05, 3.63) is 23.5 Å². The lowest BCUT2D eigenvalue weighted by atomic mass is 10.1. The van der Waals surface area contributed by atoms with Crippen LogP contribution in [0, 0.1) is 0 Å². The summed E-state index contributed by atoms with van der Waals surface area (Å²) in [6.45, 7) is 3.89. The lowest BCUT2D eigenvalue weighted by Gasteiger charge is -2.08. The maximum absolute atomic E-state index is 12.7. The maximum Gasteiger partial charge on any atom is 0.433 e. The average Bonchev–Trinajstić information content (AvgIpc) is 2.70. The Morgan fingerprint density at radius 1 is 1.28 bits per heavy atom. The first-order chi connectivity index (χ1) is 8.32. The molecule has 0 atom stereocenters. The van der Waals surface area contributed by atoms with Crippen LogP contribution in [0.4, 0.5) is 13.2 Å². The van der Waals surface area contributed by atoms with Crippen LogP contribution in [0.3, 0.4) is 0 Å². The van der Waals surface area contributed by atoms with Gasteiger partial charge in [0.2, 0.25) is 0 Å². The molecule has 0 N–H and O–H groups in total. The van der Waals surface area contributed by atoms with E-state index in [1.165, 1.54) is 4.52 Å². The van der Waals surface area contributed by atoms with Gasteiger partial charge in [0.15, 0.2) is 5.16 Å². The minimum absolute atomic E-state index is 0.161. The number of hydrogen-bond donors (Lipinski definition) is 0. The summed E-state index contributed by atoms with van der Waals surface area (Å²) < 4.78 is 39.5. The molecule has 18 heavy (non-hydrogen) atoms. The summed E-state index contributed by atoms with van der Waals surface area (Å²) in [6.07, 6.45) is -2.76. The molecule has 2 aromatic heterocycles. The second-order valence-electron chi connectivity index (χ2n) is 4.19. The van der Waals surface area contributed by atoms with E-state index in [9.17, 15) is 13.2 Å². The second kappa shape index (κ2) is 4.46. The number of nitrogens with zero attached hydrogens (tertiary/aromatic N) is 3. The van der Waals surface area contributed by atoms with Gasteiger partial charge in [0.05, 0.1) is 11.2 Å². The van der Waals surface area contributed by atoms with E-state index in [0.717, 1.165) is 23.5 Å². The highest BCUT2D eigenvalue weighted by atomic mass is 32.2. The normalized spacial score (nSPS) is 12.6. The van der Waals surface area contributed by atoms with E-state index >= 15 is 0 Å². The van der Waals surface area contributed by atoms with Gasteiger partial charge in [0.1, 0.15) is 5.69 Å². The fourth-order valence-electron chi connectivity index (χ4n) is 1.55. The average molecular weight is 275 g/mol. The molecule has 0 fully saturated rings. The predicted molar refractivity (Wildman–Crippen MR) is 63.9 cm³/mol. The molecular formula is C11H12F3N3S. The predicted octanol–water partition coefficient (Wildman–Crippen LogP) is 3.59. The van der Waals surface area contributed by atoms with Gasteiger partial charge >= 0.3 is 6.18 Å². The fraction of sp³-hybridized carbons (Fsp3) is 0.455. The molecule has 3 nitrogen and oxygen atoms in total. The van der Waals surface area contributed by atoms with Crippen molar-refractivity contribution in [2.75, 3.05) is 6.26 Å². The van der Waals surface area contributed by atoms with Gasteiger partial charge in [-0.3, -0.25) is 0 Å². The van der Waals surface area contributed by atoms with Gasteiger partial charge < -0.3 is 0 Å². The second-order valence-corrected chi connectivity index (χ2v) is 4.96. The molecular weight excluding hydrogens is 263 g/mol. The van der Waals surface area contributed by atoms with E-state index in [2.05, 4.69) is 10.1 Å². The zero-order valence-electron chi connectivity index (χ0n) is 10.1. The minimum Gasteiger partial charge on any atom is -0.218 e. The number of fused-ring (bicyclic) bond motifs is 1. The first kappa shape index (κ1) is 13.2.